The minimum atomic E-state index is -0.257. The lowest BCUT2D eigenvalue weighted by atomic mass is 9.96. The van der Waals surface area contributed by atoms with E-state index < -0.39 is 0 Å². The number of rotatable bonds is 1. The number of fused-ring (bicyclic) bond motifs is 3. The molecular weight excluding hydrogens is 399 g/mol. The molecule has 8 nitrogen and oxygen atoms in total. The topological polar surface area (TPSA) is 86.5 Å². The van der Waals surface area contributed by atoms with E-state index in [1.165, 1.54) is 6.07 Å². The highest BCUT2D eigenvalue weighted by atomic mass is 19.1. The number of pyridine rings is 1. The number of nitrogens with zero attached hydrogens (tertiary/aromatic N) is 5. The van der Waals surface area contributed by atoms with E-state index in [2.05, 4.69) is 25.7 Å². The highest BCUT2D eigenvalue weighted by Gasteiger charge is 2.31. The van der Waals surface area contributed by atoms with E-state index in [0.29, 0.717) is 42.5 Å². The van der Waals surface area contributed by atoms with Crippen LogP contribution in [-0.2, 0) is 6.54 Å². The average molecular weight is 418 g/mol. The van der Waals surface area contributed by atoms with Gasteiger partial charge >= 0.3 is 0 Å². The van der Waals surface area contributed by atoms with Crippen LogP contribution in [-0.4, -0.2) is 38.0 Å². The zero-order valence-corrected chi connectivity index (χ0v) is 17.0. The minimum Gasteiger partial charge on any atom is -0.493 e. The summed E-state index contributed by atoms with van der Waals surface area (Å²) in [5.74, 6) is 1.70. The second kappa shape index (κ2) is 6.63. The van der Waals surface area contributed by atoms with Gasteiger partial charge in [0.1, 0.15) is 17.9 Å². The Kier molecular flexibility index (Phi) is 3.86. The van der Waals surface area contributed by atoms with Crippen LogP contribution in [0.2, 0.25) is 0 Å². The maximum atomic E-state index is 14.7. The van der Waals surface area contributed by atoms with Gasteiger partial charge in [-0.1, -0.05) is 0 Å². The third-order valence-corrected chi connectivity index (χ3v) is 5.88. The molecule has 0 unspecified atom stereocenters. The van der Waals surface area contributed by atoms with Crippen LogP contribution in [0.25, 0.3) is 16.9 Å². The molecule has 2 aliphatic rings. The fraction of sp³-hybridized carbons (Fsp3) is 0.273. The van der Waals surface area contributed by atoms with Gasteiger partial charge in [-0.15, -0.1) is 15.3 Å². The summed E-state index contributed by atoms with van der Waals surface area (Å²) in [4.78, 5) is 0. The number of hydrogen-bond acceptors (Lipinski definition) is 7. The summed E-state index contributed by atoms with van der Waals surface area (Å²) < 4.78 is 28.6. The monoisotopic (exact) mass is 418 g/mol. The maximum Gasteiger partial charge on any atom is 0.172 e. The number of halogens is 1. The van der Waals surface area contributed by atoms with Gasteiger partial charge in [0.15, 0.2) is 17.2 Å². The molecule has 4 aromatic rings. The van der Waals surface area contributed by atoms with Crippen molar-refractivity contribution in [3.8, 4) is 22.8 Å². The largest absolute Gasteiger partial charge is 0.493 e. The van der Waals surface area contributed by atoms with Crippen LogP contribution >= 0.6 is 0 Å². The highest BCUT2D eigenvalue weighted by molar-refractivity contribution is 5.81. The summed E-state index contributed by atoms with van der Waals surface area (Å²) in [6.07, 6.45) is 1.61. The van der Waals surface area contributed by atoms with E-state index in [9.17, 15) is 4.39 Å². The summed E-state index contributed by atoms with van der Waals surface area (Å²) in [5.41, 5.74) is 5.41. The molecule has 31 heavy (non-hydrogen) atoms. The molecule has 5 heterocycles. The van der Waals surface area contributed by atoms with Crippen LogP contribution in [0.5, 0.6) is 11.5 Å². The van der Waals surface area contributed by atoms with Crippen molar-refractivity contribution < 1.29 is 13.9 Å². The summed E-state index contributed by atoms with van der Waals surface area (Å²) >= 11 is 0. The van der Waals surface area contributed by atoms with Crippen LogP contribution in [0, 0.1) is 19.7 Å². The van der Waals surface area contributed by atoms with Crippen LogP contribution in [0.3, 0.4) is 0 Å². The molecule has 0 aliphatic carbocycles. The Hall–Kier alpha value is -3.75. The molecule has 1 aromatic carbocycles. The first-order valence-corrected chi connectivity index (χ1v) is 10.1. The average Bonchev–Trinajstić information content (AvgIpc) is 3.40. The Bertz CT molecular complexity index is 1350. The Morgan fingerprint density at radius 2 is 1.90 bits per heavy atom. The quantitative estimate of drug-likeness (QED) is 0.507. The van der Waals surface area contributed by atoms with Crippen molar-refractivity contribution >= 4 is 11.5 Å². The number of anilines is 1. The molecule has 3 aromatic heterocycles. The van der Waals surface area contributed by atoms with Gasteiger partial charge in [0.05, 0.1) is 36.1 Å². The normalized spacial score (nSPS) is 16.9. The first-order chi connectivity index (χ1) is 15.1. The van der Waals surface area contributed by atoms with Gasteiger partial charge in [-0.3, -0.25) is 4.40 Å². The van der Waals surface area contributed by atoms with Crippen LogP contribution in [0.4, 0.5) is 10.2 Å². The van der Waals surface area contributed by atoms with Crippen LogP contribution in [0.1, 0.15) is 28.3 Å². The fourth-order valence-electron chi connectivity index (χ4n) is 4.44. The number of nitrogens with one attached hydrogen (secondary N) is 1. The summed E-state index contributed by atoms with van der Waals surface area (Å²) in [6.45, 7) is 5.01. The van der Waals surface area contributed by atoms with Gasteiger partial charge in [0.2, 0.25) is 0 Å². The molecule has 1 N–H and O–H groups in total. The molecule has 0 spiro atoms. The van der Waals surface area contributed by atoms with Crippen molar-refractivity contribution in [2.45, 2.75) is 26.3 Å². The zero-order valence-electron chi connectivity index (χ0n) is 17.0. The van der Waals surface area contributed by atoms with Gasteiger partial charge in [0.25, 0.3) is 0 Å². The standard InChI is InChI=1S/C22H19FN6O2/c1-11-5-12(2)26-27-20(11)14-6-18-22(29-10-25-28-21(14)29)24-7-15-16(23)3-4-17-19(15)13(8-30-17)9-31-18/h3-6,10,13,24H,7-9H2,1-2H3/t13-/m1/s1. The number of benzene rings is 1. The first-order valence-electron chi connectivity index (χ1n) is 10.1. The van der Waals surface area contributed by atoms with Crippen LogP contribution in [0.15, 0.2) is 30.6 Å². The molecule has 6 rings (SSSR count). The summed E-state index contributed by atoms with van der Waals surface area (Å²) in [5, 5.41) is 20.3. The Morgan fingerprint density at radius 1 is 1.06 bits per heavy atom. The van der Waals surface area contributed by atoms with E-state index in [1.807, 2.05) is 30.4 Å². The molecule has 1 atom stereocenters. The lowest BCUT2D eigenvalue weighted by molar-refractivity contribution is 0.249. The van der Waals surface area contributed by atoms with E-state index >= 15 is 0 Å². The first kappa shape index (κ1) is 18.1. The molecular formula is C22H19FN6O2. The van der Waals surface area contributed by atoms with Gasteiger partial charge in [-0.25, -0.2) is 4.39 Å². The van der Waals surface area contributed by atoms with Crippen molar-refractivity contribution in [2.24, 2.45) is 0 Å². The highest BCUT2D eigenvalue weighted by Crippen LogP contribution is 2.41. The molecule has 0 saturated carbocycles. The minimum absolute atomic E-state index is 0.0468. The Balaban J connectivity index is 1.53. The Morgan fingerprint density at radius 3 is 2.74 bits per heavy atom. The van der Waals surface area contributed by atoms with Gasteiger partial charge < -0.3 is 14.8 Å². The van der Waals surface area contributed by atoms with Crippen molar-refractivity contribution in [2.75, 3.05) is 18.5 Å². The lowest BCUT2D eigenvalue weighted by Crippen LogP contribution is -2.13. The molecule has 0 amide bonds. The summed E-state index contributed by atoms with van der Waals surface area (Å²) in [7, 11) is 0. The number of aromatic nitrogens is 5. The third-order valence-electron chi connectivity index (χ3n) is 5.88. The van der Waals surface area contributed by atoms with E-state index in [0.717, 1.165) is 33.8 Å². The van der Waals surface area contributed by atoms with Gasteiger partial charge in [0, 0.05) is 17.7 Å². The smallest absolute Gasteiger partial charge is 0.172 e. The van der Waals surface area contributed by atoms with E-state index in [1.54, 1.807) is 12.4 Å². The second-order valence-electron chi connectivity index (χ2n) is 7.92. The number of hydrogen-bond donors (Lipinski definition) is 1. The van der Waals surface area contributed by atoms with Gasteiger partial charge in [-0.05, 0) is 43.7 Å². The third kappa shape index (κ3) is 2.73. The zero-order chi connectivity index (χ0) is 21.1. The Labute approximate surface area is 177 Å². The summed E-state index contributed by atoms with van der Waals surface area (Å²) in [6, 6.07) is 7.02. The number of aryl methyl sites for hydroxylation is 2. The second-order valence-corrected chi connectivity index (χ2v) is 7.92. The molecule has 0 fully saturated rings. The molecule has 0 radical (unpaired) electrons. The van der Waals surface area contributed by atoms with Crippen LogP contribution < -0.4 is 14.8 Å². The van der Waals surface area contributed by atoms with Crippen molar-refractivity contribution in [1.82, 2.24) is 24.8 Å². The SMILES string of the molecule is Cc1cc(C)c(-c2cc3c(n4cnnc24)NCc2c(F)ccc4c2[C@H](CO4)CO3)nn1. The molecule has 2 aliphatic heterocycles. The fourth-order valence-corrected chi connectivity index (χ4v) is 4.44. The van der Waals surface area contributed by atoms with Crippen molar-refractivity contribution in [1.29, 1.82) is 0 Å². The van der Waals surface area contributed by atoms with Gasteiger partial charge in [-0.2, -0.15) is 5.10 Å². The molecule has 156 valence electrons. The molecule has 0 bridgehead atoms. The predicted octanol–water partition coefficient (Wildman–Crippen LogP) is 3.42. The molecule has 9 heteroatoms. The van der Waals surface area contributed by atoms with E-state index in [-0.39, 0.29) is 11.7 Å². The maximum absolute atomic E-state index is 14.7. The van der Waals surface area contributed by atoms with E-state index in [4.69, 9.17) is 9.47 Å². The number of ether oxygens (including phenoxy) is 2. The molecule has 0 saturated heterocycles. The van der Waals surface area contributed by atoms with Crippen molar-refractivity contribution in [3.63, 3.8) is 0 Å². The van der Waals surface area contributed by atoms with Crippen molar-refractivity contribution in [3.05, 3.63) is 58.8 Å². The lowest BCUT2D eigenvalue weighted by Gasteiger charge is -2.17. The predicted molar refractivity (Wildman–Crippen MR) is 111 cm³/mol.